The van der Waals surface area contributed by atoms with E-state index in [2.05, 4.69) is 10.3 Å². The Hall–Kier alpha value is -1.82. The van der Waals surface area contributed by atoms with Gasteiger partial charge in [0.25, 0.3) is 0 Å². The van der Waals surface area contributed by atoms with Crippen LogP contribution in [0.25, 0.3) is 10.9 Å². The molecule has 4 rings (SSSR count). The van der Waals surface area contributed by atoms with Crippen molar-refractivity contribution in [1.82, 2.24) is 14.9 Å². The SMILES string of the molecule is O=C([C@@H]1CS[C@@H](c2cccnc2)N1)n1ccc2ccc(Cl)cc21. The van der Waals surface area contributed by atoms with Gasteiger partial charge >= 0.3 is 0 Å². The maximum atomic E-state index is 12.8. The van der Waals surface area contributed by atoms with E-state index in [1.165, 1.54) is 0 Å². The monoisotopic (exact) mass is 343 g/mol. The van der Waals surface area contributed by atoms with E-state index in [9.17, 15) is 4.79 Å². The smallest absolute Gasteiger partial charge is 0.249 e. The molecular formula is C17H14ClN3OS. The summed E-state index contributed by atoms with van der Waals surface area (Å²) in [6, 6.07) is 11.2. The van der Waals surface area contributed by atoms with Gasteiger partial charge in [-0.3, -0.25) is 19.7 Å². The molecule has 1 aliphatic heterocycles. The summed E-state index contributed by atoms with van der Waals surface area (Å²) < 4.78 is 1.69. The number of carbonyl (C=O) groups excluding carboxylic acids is 1. The Balaban J connectivity index is 1.59. The van der Waals surface area contributed by atoms with E-state index in [4.69, 9.17) is 11.6 Å². The second kappa shape index (κ2) is 6.00. The van der Waals surface area contributed by atoms with Crippen molar-refractivity contribution >= 4 is 40.2 Å². The van der Waals surface area contributed by atoms with Crippen molar-refractivity contribution in [1.29, 1.82) is 0 Å². The molecule has 1 N–H and O–H groups in total. The third-order valence-corrected chi connectivity index (χ3v) is 5.46. The number of nitrogens with one attached hydrogen (secondary N) is 1. The molecule has 1 fully saturated rings. The number of rotatable bonds is 2. The zero-order chi connectivity index (χ0) is 15.8. The number of thioether (sulfide) groups is 1. The first-order chi connectivity index (χ1) is 11.2. The van der Waals surface area contributed by atoms with E-state index >= 15 is 0 Å². The highest BCUT2D eigenvalue weighted by molar-refractivity contribution is 7.99. The Morgan fingerprint density at radius 3 is 3.09 bits per heavy atom. The van der Waals surface area contributed by atoms with E-state index < -0.39 is 0 Å². The Labute approximate surface area is 142 Å². The van der Waals surface area contributed by atoms with Gasteiger partial charge in [0.2, 0.25) is 5.91 Å². The van der Waals surface area contributed by atoms with Gasteiger partial charge in [-0.15, -0.1) is 11.8 Å². The number of hydrogen-bond acceptors (Lipinski definition) is 4. The molecule has 0 aliphatic carbocycles. The molecule has 0 bridgehead atoms. The van der Waals surface area contributed by atoms with Crippen LogP contribution in [0.1, 0.15) is 15.7 Å². The minimum absolute atomic E-state index is 0.0427. The number of aromatic nitrogens is 2. The average molecular weight is 344 g/mol. The highest BCUT2D eigenvalue weighted by Gasteiger charge is 2.31. The van der Waals surface area contributed by atoms with Gasteiger partial charge in [-0.1, -0.05) is 23.7 Å². The number of benzene rings is 1. The average Bonchev–Trinajstić information content (AvgIpc) is 3.22. The highest BCUT2D eigenvalue weighted by Crippen LogP contribution is 2.33. The number of fused-ring (bicyclic) bond motifs is 1. The van der Waals surface area contributed by atoms with Gasteiger partial charge in [-0.2, -0.15) is 0 Å². The van der Waals surface area contributed by atoms with Crippen LogP contribution in [0.15, 0.2) is 55.0 Å². The fourth-order valence-electron chi connectivity index (χ4n) is 2.80. The molecule has 1 saturated heterocycles. The van der Waals surface area contributed by atoms with Crippen molar-refractivity contribution in [3.05, 3.63) is 65.6 Å². The van der Waals surface area contributed by atoms with Crippen LogP contribution >= 0.6 is 23.4 Å². The van der Waals surface area contributed by atoms with Crippen LogP contribution in [0.2, 0.25) is 5.02 Å². The number of halogens is 1. The van der Waals surface area contributed by atoms with Gasteiger partial charge < -0.3 is 0 Å². The van der Waals surface area contributed by atoms with Crippen molar-refractivity contribution in [2.24, 2.45) is 0 Å². The predicted molar refractivity (Wildman–Crippen MR) is 93.9 cm³/mol. The maximum Gasteiger partial charge on any atom is 0.249 e. The molecule has 0 unspecified atom stereocenters. The fourth-order valence-corrected chi connectivity index (χ4v) is 4.18. The first kappa shape index (κ1) is 14.8. The molecule has 6 heteroatoms. The van der Waals surface area contributed by atoms with Gasteiger partial charge in [-0.25, -0.2) is 0 Å². The minimum Gasteiger partial charge on any atom is -0.290 e. The number of hydrogen-bond donors (Lipinski definition) is 1. The molecule has 0 amide bonds. The number of pyridine rings is 1. The van der Waals surface area contributed by atoms with Crippen LogP contribution < -0.4 is 5.32 Å². The first-order valence-corrected chi connectivity index (χ1v) is 8.73. The topological polar surface area (TPSA) is 46.9 Å². The summed E-state index contributed by atoms with van der Waals surface area (Å²) in [6.45, 7) is 0. The summed E-state index contributed by atoms with van der Waals surface area (Å²) in [7, 11) is 0. The molecule has 116 valence electrons. The number of nitrogens with zero attached hydrogens (tertiary/aromatic N) is 2. The van der Waals surface area contributed by atoms with Gasteiger partial charge in [0.05, 0.1) is 16.9 Å². The zero-order valence-corrected chi connectivity index (χ0v) is 13.7. The van der Waals surface area contributed by atoms with Crippen LogP contribution in [0.5, 0.6) is 0 Å². The van der Waals surface area contributed by atoms with E-state index in [1.807, 2.05) is 48.8 Å². The molecule has 0 radical (unpaired) electrons. The Bertz CT molecular complexity index is 865. The normalized spacial score (nSPS) is 20.9. The minimum atomic E-state index is -0.222. The summed E-state index contributed by atoms with van der Waals surface area (Å²) in [6.07, 6.45) is 5.40. The van der Waals surface area contributed by atoms with E-state index in [-0.39, 0.29) is 17.3 Å². The number of carbonyl (C=O) groups is 1. The molecule has 2 atom stereocenters. The molecule has 2 aromatic heterocycles. The summed E-state index contributed by atoms with van der Waals surface area (Å²) >= 11 is 7.79. The summed E-state index contributed by atoms with van der Waals surface area (Å²) in [5.41, 5.74) is 1.94. The van der Waals surface area contributed by atoms with E-state index in [0.717, 1.165) is 22.2 Å². The highest BCUT2D eigenvalue weighted by atomic mass is 35.5. The van der Waals surface area contributed by atoms with Crippen LogP contribution in [0.4, 0.5) is 0 Å². The molecule has 1 aromatic carbocycles. The van der Waals surface area contributed by atoms with Crippen molar-refractivity contribution in [3.63, 3.8) is 0 Å². The molecule has 0 saturated carbocycles. The van der Waals surface area contributed by atoms with Crippen LogP contribution in [0.3, 0.4) is 0 Å². The lowest BCUT2D eigenvalue weighted by Crippen LogP contribution is -2.37. The molecular weight excluding hydrogens is 330 g/mol. The standard InChI is InChI=1S/C17H14ClN3OS/c18-13-4-3-11-5-7-21(15(11)8-13)17(22)14-10-23-16(20-14)12-2-1-6-19-9-12/h1-9,14,16,20H,10H2/t14-,16-/m0/s1. The first-order valence-electron chi connectivity index (χ1n) is 7.31. The van der Waals surface area contributed by atoms with E-state index in [1.54, 1.807) is 22.5 Å². The molecule has 0 spiro atoms. The lowest BCUT2D eigenvalue weighted by atomic mass is 10.2. The zero-order valence-electron chi connectivity index (χ0n) is 12.1. The third kappa shape index (κ3) is 2.76. The second-order valence-electron chi connectivity index (χ2n) is 5.45. The summed E-state index contributed by atoms with van der Waals surface area (Å²) in [4.78, 5) is 17.0. The Kier molecular flexibility index (Phi) is 3.85. The lowest BCUT2D eigenvalue weighted by molar-refractivity contribution is 0.0879. The molecule has 23 heavy (non-hydrogen) atoms. The second-order valence-corrected chi connectivity index (χ2v) is 7.02. The largest absolute Gasteiger partial charge is 0.290 e. The van der Waals surface area contributed by atoms with Crippen molar-refractivity contribution < 1.29 is 4.79 Å². The predicted octanol–water partition coefficient (Wildman–Crippen LogP) is 3.73. The summed E-state index contributed by atoms with van der Waals surface area (Å²) in [5, 5.41) is 5.14. The molecule has 1 aliphatic rings. The quantitative estimate of drug-likeness (QED) is 0.770. The maximum absolute atomic E-state index is 12.8. The van der Waals surface area contributed by atoms with Crippen molar-refractivity contribution in [3.8, 4) is 0 Å². The van der Waals surface area contributed by atoms with Crippen molar-refractivity contribution in [2.45, 2.75) is 11.4 Å². The van der Waals surface area contributed by atoms with Gasteiger partial charge in [0.15, 0.2) is 0 Å². The van der Waals surface area contributed by atoms with Gasteiger partial charge in [0, 0.05) is 34.8 Å². The third-order valence-electron chi connectivity index (χ3n) is 3.96. The van der Waals surface area contributed by atoms with E-state index in [0.29, 0.717) is 5.02 Å². The fraction of sp³-hybridized carbons (Fsp3) is 0.176. The van der Waals surface area contributed by atoms with Crippen LogP contribution in [0, 0.1) is 0 Å². The molecule has 4 nitrogen and oxygen atoms in total. The Morgan fingerprint density at radius 1 is 1.35 bits per heavy atom. The van der Waals surface area contributed by atoms with Gasteiger partial charge in [0.1, 0.15) is 0 Å². The van der Waals surface area contributed by atoms with Crippen molar-refractivity contribution in [2.75, 3.05) is 5.75 Å². The van der Waals surface area contributed by atoms with Crippen LogP contribution in [-0.2, 0) is 0 Å². The van der Waals surface area contributed by atoms with Crippen LogP contribution in [-0.4, -0.2) is 27.3 Å². The molecule has 3 heterocycles. The summed E-state index contributed by atoms with van der Waals surface area (Å²) in [5.74, 6) is 0.777. The molecule has 3 aromatic rings. The lowest BCUT2D eigenvalue weighted by Gasteiger charge is -2.13. The Morgan fingerprint density at radius 2 is 2.26 bits per heavy atom. The van der Waals surface area contributed by atoms with Gasteiger partial charge in [-0.05, 0) is 29.8 Å².